The van der Waals surface area contributed by atoms with Gasteiger partial charge < -0.3 is 18.9 Å². The van der Waals surface area contributed by atoms with Crippen LogP contribution < -0.4 is 0 Å². The van der Waals surface area contributed by atoms with Gasteiger partial charge in [0, 0.05) is 13.0 Å². The summed E-state index contributed by atoms with van der Waals surface area (Å²) in [6.45, 7) is 5.72. The van der Waals surface area contributed by atoms with Gasteiger partial charge in [-0.15, -0.1) is 0 Å². The first-order valence-electron chi connectivity index (χ1n) is 29.3. The molecule has 0 aliphatic rings. The number of rotatable bonds is 56. The fraction of sp³-hybridized carbons (Fsp3) is 0.982. The normalized spacial score (nSPS) is 13.4. The fourth-order valence-corrected chi connectivity index (χ4v) is 9.65. The number of quaternary nitrogens is 1. The molecule has 0 fully saturated rings. The van der Waals surface area contributed by atoms with Gasteiger partial charge in [0.25, 0.3) is 0 Å². The van der Waals surface area contributed by atoms with E-state index in [1.165, 1.54) is 250 Å². The van der Waals surface area contributed by atoms with Crippen LogP contribution in [0, 0.1) is 0 Å². The molecule has 0 rings (SSSR count). The van der Waals surface area contributed by atoms with E-state index in [0.717, 1.165) is 32.1 Å². The maximum Gasteiger partial charge on any atom is 0.472 e. The molecule has 396 valence electrons. The minimum Gasteiger partial charge on any atom is -0.457 e. The summed E-state index contributed by atoms with van der Waals surface area (Å²) in [5.41, 5.74) is 0. The van der Waals surface area contributed by atoms with Gasteiger partial charge in [0.1, 0.15) is 19.3 Å². The van der Waals surface area contributed by atoms with Gasteiger partial charge in [-0.25, -0.2) is 4.57 Å². The van der Waals surface area contributed by atoms with Gasteiger partial charge in [-0.1, -0.05) is 284 Å². The van der Waals surface area contributed by atoms with E-state index in [2.05, 4.69) is 13.8 Å². The molecular formula is C57H117NO7P+. The first-order valence-corrected chi connectivity index (χ1v) is 30.8. The maximum absolute atomic E-state index is 12.8. The Morgan fingerprint density at radius 3 is 1.00 bits per heavy atom. The first-order chi connectivity index (χ1) is 32.1. The molecule has 9 heteroatoms. The lowest BCUT2D eigenvalue weighted by Crippen LogP contribution is -2.37. The molecule has 0 radical (unpaired) electrons. The van der Waals surface area contributed by atoms with Gasteiger partial charge in [-0.3, -0.25) is 13.8 Å². The Morgan fingerprint density at radius 1 is 0.409 bits per heavy atom. The van der Waals surface area contributed by atoms with Gasteiger partial charge in [0.15, 0.2) is 0 Å². The number of carbonyl (C=O) groups excluding carboxylic acids is 1. The number of phosphoric acid groups is 1. The number of hydrogen-bond acceptors (Lipinski definition) is 6. The molecule has 0 heterocycles. The molecule has 2 atom stereocenters. The molecule has 0 saturated heterocycles. The van der Waals surface area contributed by atoms with E-state index in [4.69, 9.17) is 18.5 Å². The zero-order chi connectivity index (χ0) is 48.3. The number of carbonyl (C=O) groups is 1. The summed E-state index contributed by atoms with van der Waals surface area (Å²) in [6, 6.07) is 0. The van der Waals surface area contributed by atoms with Crippen LogP contribution in [0.15, 0.2) is 0 Å². The van der Waals surface area contributed by atoms with E-state index >= 15 is 0 Å². The zero-order valence-corrected chi connectivity index (χ0v) is 46.1. The predicted octanol–water partition coefficient (Wildman–Crippen LogP) is 18.3. The van der Waals surface area contributed by atoms with Crippen LogP contribution in [0.1, 0.15) is 303 Å². The third kappa shape index (κ3) is 54.4. The summed E-state index contributed by atoms with van der Waals surface area (Å²) in [6.07, 6.45) is 58.8. The smallest absolute Gasteiger partial charge is 0.457 e. The quantitative estimate of drug-likeness (QED) is 0.0281. The average Bonchev–Trinajstić information content (AvgIpc) is 3.28. The average molecular weight is 960 g/mol. The minimum atomic E-state index is -4.28. The summed E-state index contributed by atoms with van der Waals surface area (Å²) in [5, 5.41) is 0. The molecule has 1 N–H and O–H groups in total. The molecule has 0 aromatic heterocycles. The molecule has 0 aromatic carbocycles. The molecule has 0 bridgehead atoms. The minimum absolute atomic E-state index is 0.0945. The van der Waals surface area contributed by atoms with Crippen molar-refractivity contribution in [1.29, 1.82) is 0 Å². The molecule has 0 aromatic rings. The van der Waals surface area contributed by atoms with E-state index in [1.54, 1.807) is 0 Å². The topological polar surface area (TPSA) is 91.3 Å². The van der Waals surface area contributed by atoms with Crippen molar-refractivity contribution >= 4 is 13.8 Å². The van der Waals surface area contributed by atoms with Gasteiger partial charge >= 0.3 is 13.8 Å². The van der Waals surface area contributed by atoms with E-state index in [9.17, 15) is 14.3 Å². The monoisotopic (exact) mass is 959 g/mol. The highest BCUT2D eigenvalue weighted by Gasteiger charge is 2.26. The number of ether oxygens (including phenoxy) is 2. The molecule has 2 unspecified atom stereocenters. The van der Waals surface area contributed by atoms with Gasteiger partial charge in [0.05, 0.1) is 34.4 Å². The second-order valence-corrected chi connectivity index (χ2v) is 22.9. The second kappa shape index (κ2) is 50.9. The first kappa shape index (κ1) is 65.5. The van der Waals surface area contributed by atoms with Crippen molar-refractivity contribution in [2.45, 2.75) is 309 Å². The predicted molar refractivity (Wildman–Crippen MR) is 284 cm³/mol. The van der Waals surface area contributed by atoms with Crippen molar-refractivity contribution in [3.05, 3.63) is 0 Å². The Kier molecular flexibility index (Phi) is 50.5. The lowest BCUT2D eigenvalue weighted by Gasteiger charge is -2.24. The Hall–Kier alpha value is -0.500. The molecule has 0 aliphatic heterocycles. The third-order valence-corrected chi connectivity index (χ3v) is 14.4. The Balaban J connectivity index is 4.00. The summed E-state index contributed by atoms with van der Waals surface area (Å²) in [5.74, 6) is -0.302. The zero-order valence-electron chi connectivity index (χ0n) is 45.2. The molecular weight excluding hydrogens is 842 g/mol. The van der Waals surface area contributed by atoms with E-state index < -0.39 is 13.9 Å². The summed E-state index contributed by atoms with van der Waals surface area (Å²) in [4.78, 5) is 23.1. The van der Waals surface area contributed by atoms with Crippen LogP contribution in [0.3, 0.4) is 0 Å². The molecule has 0 aliphatic carbocycles. The maximum atomic E-state index is 12.8. The van der Waals surface area contributed by atoms with Crippen LogP contribution in [0.2, 0.25) is 0 Å². The van der Waals surface area contributed by atoms with Crippen molar-refractivity contribution in [2.75, 3.05) is 54.1 Å². The third-order valence-electron chi connectivity index (χ3n) is 13.4. The molecule has 8 nitrogen and oxygen atoms in total. The van der Waals surface area contributed by atoms with Crippen LogP contribution in [0.25, 0.3) is 0 Å². The Labute approximate surface area is 412 Å². The summed E-state index contributed by atoms with van der Waals surface area (Å²) >= 11 is 0. The van der Waals surface area contributed by atoms with Crippen LogP contribution in [0.4, 0.5) is 0 Å². The lowest BCUT2D eigenvalue weighted by molar-refractivity contribution is -0.870. The van der Waals surface area contributed by atoms with Crippen LogP contribution in [0.5, 0.6) is 0 Å². The molecule has 0 spiro atoms. The van der Waals surface area contributed by atoms with Crippen molar-refractivity contribution in [1.82, 2.24) is 0 Å². The number of unbranched alkanes of at least 4 members (excludes halogenated alkanes) is 42. The number of likely N-dealkylation sites (N-methyl/N-ethyl adjacent to an activating group) is 1. The largest absolute Gasteiger partial charge is 0.472 e. The number of esters is 1. The number of hydrogen-bond donors (Lipinski definition) is 1. The molecule has 0 amide bonds. The second-order valence-electron chi connectivity index (χ2n) is 21.4. The Morgan fingerprint density at radius 2 is 0.697 bits per heavy atom. The number of phosphoric ester groups is 1. The number of nitrogens with zero attached hydrogens (tertiary/aromatic N) is 1. The van der Waals surface area contributed by atoms with Crippen LogP contribution >= 0.6 is 7.82 Å². The molecule has 0 saturated carbocycles. The highest BCUT2D eigenvalue weighted by Crippen LogP contribution is 2.43. The fourth-order valence-electron chi connectivity index (χ4n) is 8.91. The van der Waals surface area contributed by atoms with Crippen molar-refractivity contribution in [3.63, 3.8) is 0 Å². The molecule has 66 heavy (non-hydrogen) atoms. The SMILES string of the molecule is CCCCCCCCCCCCCCCCCCCCCCCCCCC(=O)OC(COCCCCCCCCCCCCCCCCCCCCCC)COP(=O)(O)OCC[N+](C)(C)C. The summed E-state index contributed by atoms with van der Waals surface area (Å²) in [7, 11) is 1.69. The highest BCUT2D eigenvalue weighted by atomic mass is 31.2. The van der Waals surface area contributed by atoms with Gasteiger partial charge in [0.2, 0.25) is 0 Å². The Bertz CT molecular complexity index is 1020. The van der Waals surface area contributed by atoms with Crippen molar-refractivity contribution in [2.24, 2.45) is 0 Å². The van der Waals surface area contributed by atoms with Gasteiger partial charge in [-0.2, -0.15) is 0 Å². The lowest BCUT2D eigenvalue weighted by atomic mass is 10.0. The van der Waals surface area contributed by atoms with Gasteiger partial charge in [-0.05, 0) is 12.8 Å². The summed E-state index contributed by atoms with van der Waals surface area (Å²) < 4.78 is 35.3. The highest BCUT2D eigenvalue weighted by molar-refractivity contribution is 7.47. The standard InChI is InChI=1S/C57H116NO7P/c1-6-8-10-12-14-16-18-20-22-24-26-28-29-30-31-32-34-36-38-40-42-44-46-48-50-57(59)65-56(55-64-66(60,61)63-53-51-58(3,4)5)54-62-52-49-47-45-43-41-39-37-35-33-27-25-23-21-19-17-15-13-11-9-7-2/h56H,6-55H2,1-5H3/p+1. The van der Waals surface area contributed by atoms with Crippen LogP contribution in [-0.4, -0.2) is 75.6 Å². The van der Waals surface area contributed by atoms with E-state index in [0.29, 0.717) is 24.1 Å². The van der Waals surface area contributed by atoms with E-state index in [1.807, 2.05) is 21.1 Å². The van der Waals surface area contributed by atoms with Crippen LogP contribution in [-0.2, 0) is 27.9 Å². The van der Waals surface area contributed by atoms with Crippen molar-refractivity contribution < 1.29 is 37.3 Å². The van der Waals surface area contributed by atoms with Crippen molar-refractivity contribution in [3.8, 4) is 0 Å². The van der Waals surface area contributed by atoms with E-state index in [-0.39, 0.29) is 25.8 Å².